The van der Waals surface area contributed by atoms with E-state index >= 15 is 0 Å². The normalized spacial score (nSPS) is 10.9. The molecule has 0 saturated heterocycles. The highest BCUT2D eigenvalue weighted by atomic mass is 32.2. The Bertz CT molecular complexity index is 449. The molecule has 0 amide bonds. The predicted molar refractivity (Wildman–Crippen MR) is 66.5 cm³/mol. The van der Waals surface area contributed by atoms with Crippen LogP contribution in [0.1, 0.15) is 12.2 Å². The summed E-state index contributed by atoms with van der Waals surface area (Å²) >= 11 is 1.71. The van der Waals surface area contributed by atoms with Crippen LogP contribution in [0.5, 0.6) is 0 Å². The van der Waals surface area contributed by atoms with Gasteiger partial charge in [-0.3, -0.25) is 0 Å². The lowest BCUT2D eigenvalue weighted by Crippen LogP contribution is -2.05. The second-order valence-corrected chi connectivity index (χ2v) is 4.73. The lowest BCUT2D eigenvalue weighted by atomic mass is 10.5. The Kier molecular flexibility index (Phi) is 4.16. The summed E-state index contributed by atoms with van der Waals surface area (Å²) in [5.74, 6) is 1.83. The van der Waals surface area contributed by atoms with Crippen LogP contribution in [-0.2, 0) is 20.1 Å². The van der Waals surface area contributed by atoms with Gasteiger partial charge in [0.1, 0.15) is 5.82 Å². The van der Waals surface area contributed by atoms with Gasteiger partial charge in [-0.2, -0.15) is 0 Å². The molecule has 0 fully saturated rings. The van der Waals surface area contributed by atoms with Crippen LogP contribution in [0.4, 0.5) is 0 Å². The van der Waals surface area contributed by atoms with Crippen LogP contribution in [0, 0.1) is 0 Å². The maximum atomic E-state index is 5.54. The van der Waals surface area contributed by atoms with Gasteiger partial charge in [0.25, 0.3) is 0 Å². The molecule has 0 aromatic carbocycles. The SMILES string of the molecule is Cn1c(CN)nnc1SCCCn1ccnc1. The molecule has 0 aliphatic heterocycles. The first-order valence-electron chi connectivity index (χ1n) is 5.48. The van der Waals surface area contributed by atoms with Gasteiger partial charge >= 0.3 is 0 Å². The third-order valence-electron chi connectivity index (χ3n) is 2.46. The molecule has 7 heteroatoms. The Labute approximate surface area is 104 Å². The van der Waals surface area contributed by atoms with Crippen molar-refractivity contribution in [2.45, 2.75) is 24.7 Å². The summed E-state index contributed by atoms with van der Waals surface area (Å²) in [5.41, 5.74) is 5.54. The van der Waals surface area contributed by atoms with Gasteiger partial charge in [0, 0.05) is 31.7 Å². The molecule has 0 unspecified atom stereocenters. The fourth-order valence-corrected chi connectivity index (χ4v) is 2.33. The summed E-state index contributed by atoms with van der Waals surface area (Å²) in [6, 6.07) is 0. The van der Waals surface area contributed by atoms with E-state index in [1.807, 2.05) is 24.1 Å². The Morgan fingerprint density at radius 1 is 1.41 bits per heavy atom. The minimum absolute atomic E-state index is 0.430. The quantitative estimate of drug-likeness (QED) is 0.603. The molecule has 0 radical (unpaired) electrons. The molecule has 2 aromatic rings. The zero-order valence-corrected chi connectivity index (χ0v) is 10.6. The molecule has 2 heterocycles. The van der Waals surface area contributed by atoms with E-state index in [0.717, 1.165) is 29.7 Å². The van der Waals surface area contributed by atoms with Crippen molar-refractivity contribution in [2.75, 3.05) is 5.75 Å². The van der Waals surface area contributed by atoms with Crippen molar-refractivity contribution in [3.05, 3.63) is 24.5 Å². The molecule has 2 aromatic heterocycles. The Balaban J connectivity index is 1.76. The number of rotatable bonds is 6. The standard InChI is InChI=1S/C10H16N6S/c1-15-9(7-11)13-14-10(15)17-6-2-4-16-5-3-12-8-16/h3,5,8H,2,4,6-7,11H2,1H3. The predicted octanol–water partition coefficient (Wildman–Crippen LogP) is 0.653. The highest BCUT2D eigenvalue weighted by Crippen LogP contribution is 2.16. The first-order valence-corrected chi connectivity index (χ1v) is 6.46. The highest BCUT2D eigenvalue weighted by Gasteiger charge is 2.06. The van der Waals surface area contributed by atoms with Gasteiger partial charge in [-0.05, 0) is 6.42 Å². The van der Waals surface area contributed by atoms with Crippen molar-refractivity contribution in [1.82, 2.24) is 24.3 Å². The Morgan fingerprint density at radius 2 is 2.29 bits per heavy atom. The van der Waals surface area contributed by atoms with Crippen LogP contribution in [-0.4, -0.2) is 30.1 Å². The Hall–Kier alpha value is -1.34. The summed E-state index contributed by atoms with van der Waals surface area (Å²) in [6.45, 7) is 1.41. The largest absolute Gasteiger partial charge is 0.337 e. The first-order chi connectivity index (χ1) is 8.31. The van der Waals surface area contributed by atoms with E-state index in [0.29, 0.717) is 6.54 Å². The second-order valence-electron chi connectivity index (χ2n) is 3.66. The number of hydrogen-bond donors (Lipinski definition) is 1. The van der Waals surface area contributed by atoms with E-state index in [1.54, 1.807) is 18.0 Å². The molecular formula is C10H16N6S. The average molecular weight is 252 g/mol. The number of aryl methyl sites for hydroxylation is 1. The lowest BCUT2D eigenvalue weighted by Gasteiger charge is -2.03. The molecule has 0 aliphatic rings. The molecule has 2 rings (SSSR count). The van der Waals surface area contributed by atoms with Crippen LogP contribution in [0.15, 0.2) is 23.9 Å². The average Bonchev–Trinajstić information content (AvgIpc) is 2.95. The zero-order valence-electron chi connectivity index (χ0n) is 9.78. The van der Waals surface area contributed by atoms with E-state index in [1.165, 1.54) is 0 Å². The molecular weight excluding hydrogens is 236 g/mol. The van der Waals surface area contributed by atoms with Crippen molar-refractivity contribution in [3.63, 3.8) is 0 Å². The number of imidazole rings is 1. The number of aromatic nitrogens is 5. The molecule has 0 spiro atoms. The van der Waals surface area contributed by atoms with Gasteiger partial charge < -0.3 is 14.9 Å². The minimum Gasteiger partial charge on any atom is -0.337 e. The summed E-state index contributed by atoms with van der Waals surface area (Å²) in [7, 11) is 1.94. The third kappa shape index (κ3) is 3.07. The van der Waals surface area contributed by atoms with Crippen molar-refractivity contribution < 1.29 is 0 Å². The molecule has 92 valence electrons. The summed E-state index contributed by atoms with van der Waals surface area (Å²) < 4.78 is 4.02. The monoisotopic (exact) mass is 252 g/mol. The number of thioether (sulfide) groups is 1. The van der Waals surface area contributed by atoms with E-state index < -0.39 is 0 Å². The number of nitrogens with zero attached hydrogens (tertiary/aromatic N) is 5. The first kappa shape index (κ1) is 12.1. The molecule has 0 bridgehead atoms. The van der Waals surface area contributed by atoms with E-state index in [4.69, 9.17) is 5.73 Å². The van der Waals surface area contributed by atoms with Crippen LogP contribution in [0.2, 0.25) is 0 Å². The van der Waals surface area contributed by atoms with Crippen molar-refractivity contribution >= 4 is 11.8 Å². The molecule has 17 heavy (non-hydrogen) atoms. The van der Waals surface area contributed by atoms with Crippen LogP contribution < -0.4 is 5.73 Å². The summed E-state index contributed by atoms with van der Waals surface area (Å²) in [5, 5.41) is 9.04. The van der Waals surface area contributed by atoms with Gasteiger partial charge in [0.05, 0.1) is 12.9 Å². The fourth-order valence-electron chi connectivity index (χ4n) is 1.48. The number of nitrogens with two attached hydrogens (primary N) is 1. The van der Waals surface area contributed by atoms with Gasteiger partial charge in [0.15, 0.2) is 5.16 Å². The van der Waals surface area contributed by atoms with Crippen LogP contribution >= 0.6 is 11.8 Å². The second kappa shape index (κ2) is 5.83. The van der Waals surface area contributed by atoms with Gasteiger partial charge in [-0.25, -0.2) is 4.98 Å². The molecule has 0 aliphatic carbocycles. The molecule has 0 saturated carbocycles. The van der Waals surface area contributed by atoms with Gasteiger partial charge in [-0.15, -0.1) is 10.2 Å². The maximum absolute atomic E-state index is 5.54. The highest BCUT2D eigenvalue weighted by molar-refractivity contribution is 7.99. The Morgan fingerprint density at radius 3 is 2.94 bits per heavy atom. The summed E-state index contributed by atoms with van der Waals surface area (Å²) in [6.07, 6.45) is 6.67. The van der Waals surface area contributed by atoms with Crippen molar-refractivity contribution in [3.8, 4) is 0 Å². The number of hydrogen-bond acceptors (Lipinski definition) is 5. The maximum Gasteiger partial charge on any atom is 0.190 e. The topological polar surface area (TPSA) is 74.6 Å². The van der Waals surface area contributed by atoms with E-state index in [2.05, 4.69) is 19.7 Å². The van der Waals surface area contributed by atoms with Crippen LogP contribution in [0.25, 0.3) is 0 Å². The smallest absolute Gasteiger partial charge is 0.190 e. The summed E-state index contributed by atoms with van der Waals surface area (Å²) in [4.78, 5) is 4.00. The van der Waals surface area contributed by atoms with Gasteiger partial charge in [-0.1, -0.05) is 11.8 Å². The van der Waals surface area contributed by atoms with Gasteiger partial charge in [0.2, 0.25) is 0 Å². The van der Waals surface area contributed by atoms with Crippen molar-refractivity contribution in [1.29, 1.82) is 0 Å². The zero-order chi connectivity index (χ0) is 12.1. The molecule has 0 atom stereocenters. The molecule has 2 N–H and O–H groups in total. The third-order valence-corrected chi connectivity index (χ3v) is 3.57. The fraction of sp³-hybridized carbons (Fsp3) is 0.500. The lowest BCUT2D eigenvalue weighted by molar-refractivity contribution is 0.681. The minimum atomic E-state index is 0.430. The van der Waals surface area contributed by atoms with E-state index in [-0.39, 0.29) is 0 Å². The van der Waals surface area contributed by atoms with Crippen molar-refractivity contribution in [2.24, 2.45) is 12.8 Å². The van der Waals surface area contributed by atoms with Crippen LogP contribution in [0.3, 0.4) is 0 Å². The van der Waals surface area contributed by atoms with E-state index in [9.17, 15) is 0 Å². The molecule has 6 nitrogen and oxygen atoms in total.